The quantitative estimate of drug-likeness (QED) is 0.762. The minimum Gasteiger partial charge on any atom is -0.380 e. The lowest BCUT2D eigenvalue weighted by atomic mass is 10.0. The molecule has 0 spiro atoms. The third-order valence-corrected chi connectivity index (χ3v) is 2.89. The molecule has 0 fully saturated rings. The van der Waals surface area contributed by atoms with Crippen LogP contribution < -0.4 is 5.32 Å². The predicted molar refractivity (Wildman–Crippen MR) is 77.8 cm³/mol. The molecule has 2 nitrogen and oxygen atoms in total. The second-order valence-corrected chi connectivity index (χ2v) is 5.36. The lowest BCUT2D eigenvalue weighted by Crippen LogP contribution is -2.30. The van der Waals surface area contributed by atoms with E-state index >= 15 is 0 Å². The first-order chi connectivity index (χ1) is 8.61. The van der Waals surface area contributed by atoms with Gasteiger partial charge >= 0.3 is 0 Å². The molecule has 1 rings (SSSR count). The van der Waals surface area contributed by atoms with E-state index in [1.165, 1.54) is 11.1 Å². The molecule has 1 unspecified atom stereocenters. The van der Waals surface area contributed by atoms with Crippen LogP contribution >= 0.6 is 0 Å². The topological polar surface area (TPSA) is 21.3 Å². The maximum absolute atomic E-state index is 5.38. The fourth-order valence-electron chi connectivity index (χ4n) is 1.91. The molecule has 1 N–H and O–H groups in total. The summed E-state index contributed by atoms with van der Waals surface area (Å²) in [5, 5.41) is 3.47. The maximum Gasteiger partial charge on any atom is 0.0616 e. The third kappa shape index (κ3) is 6.18. The Morgan fingerprint density at radius 1 is 1.06 bits per heavy atom. The summed E-state index contributed by atoms with van der Waals surface area (Å²) in [5.41, 5.74) is 2.77. The van der Waals surface area contributed by atoms with Crippen molar-refractivity contribution in [3.63, 3.8) is 0 Å². The fourth-order valence-corrected chi connectivity index (χ4v) is 1.91. The normalized spacial score (nSPS) is 12.9. The Balaban J connectivity index is 2.34. The van der Waals surface area contributed by atoms with Crippen LogP contribution in [0, 0.1) is 5.92 Å². The predicted octanol–water partition coefficient (Wildman–Crippen LogP) is 3.40. The molecule has 0 heterocycles. The average Bonchev–Trinajstić information content (AvgIpc) is 2.35. The van der Waals surface area contributed by atoms with Crippen LogP contribution in [-0.4, -0.2) is 19.3 Å². The zero-order chi connectivity index (χ0) is 13.4. The highest BCUT2D eigenvalue weighted by molar-refractivity contribution is 5.22. The second kappa shape index (κ2) is 8.28. The van der Waals surface area contributed by atoms with E-state index in [2.05, 4.69) is 50.4 Å². The standard InChI is InChI=1S/C16H27NO/c1-5-18-12-14(4)17-11-16-8-6-15(7-9-16)10-13(2)3/h6-9,13-14,17H,5,10-12H2,1-4H3. The van der Waals surface area contributed by atoms with Gasteiger partial charge in [0.05, 0.1) is 6.61 Å². The number of hydrogen-bond donors (Lipinski definition) is 1. The van der Waals surface area contributed by atoms with Gasteiger partial charge in [-0.1, -0.05) is 38.1 Å². The molecule has 2 heteroatoms. The monoisotopic (exact) mass is 249 g/mol. The first-order valence-corrected chi connectivity index (χ1v) is 7.00. The Bertz CT molecular complexity index is 318. The molecule has 0 aliphatic rings. The molecule has 0 aromatic heterocycles. The van der Waals surface area contributed by atoms with Gasteiger partial charge in [-0.15, -0.1) is 0 Å². The molecule has 1 aromatic rings. The molecule has 1 aromatic carbocycles. The minimum absolute atomic E-state index is 0.403. The van der Waals surface area contributed by atoms with Gasteiger partial charge in [0, 0.05) is 19.2 Å². The van der Waals surface area contributed by atoms with Crippen molar-refractivity contribution >= 4 is 0 Å². The van der Waals surface area contributed by atoms with Gasteiger partial charge in [0.15, 0.2) is 0 Å². The van der Waals surface area contributed by atoms with Crippen molar-refractivity contribution in [2.45, 2.75) is 46.7 Å². The maximum atomic E-state index is 5.38. The molecular weight excluding hydrogens is 222 g/mol. The molecule has 0 saturated carbocycles. The Kier molecular flexibility index (Phi) is 6.99. The molecule has 0 bridgehead atoms. The van der Waals surface area contributed by atoms with E-state index in [4.69, 9.17) is 4.74 Å². The molecule has 0 aliphatic heterocycles. The number of rotatable bonds is 8. The van der Waals surface area contributed by atoms with E-state index in [1.54, 1.807) is 0 Å². The number of benzene rings is 1. The van der Waals surface area contributed by atoms with E-state index in [0.717, 1.165) is 32.1 Å². The van der Waals surface area contributed by atoms with Crippen molar-refractivity contribution < 1.29 is 4.74 Å². The van der Waals surface area contributed by atoms with Gasteiger partial charge < -0.3 is 10.1 Å². The SMILES string of the molecule is CCOCC(C)NCc1ccc(CC(C)C)cc1. The van der Waals surface area contributed by atoms with Crippen LogP contribution in [0.5, 0.6) is 0 Å². The van der Waals surface area contributed by atoms with Gasteiger partial charge in [0.25, 0.3) is 0 Å². The van der Waals surface area contributed by atoms with Gasteiger partial charge in [-0.05, 0) is 37.3 Å². The van der Waals surface area contributed by atoms with Gasteiger partial charge in [-0.25, -0.2) is 0 Å². The van der Waals surface area contributed by atoms with Crippen molar-refractivity contribution in [3.05, 3.63) is 35.4 Å². The van der Waals surface area contributed by atoms with E-state index in [0.29, 0.717) is 6.04 Å². The molecule has 1 atom stereocenters. The summed E-state index contributed by atoms with van der Waals surface area (Å²) in [5.74, 6) is 0.722. The van der Waals surface area contributed by atoms with Crippen LogP contribution in [-0.2, 0) is 17.7 Å². The lowest BCUT2D eigenvalue weighted by Gasteiger charge is -2.14. The van der Waals surface area contributed by atoms with Crippen molar-refractivity contribution in [2.75, 3.05) is 13.2 Å². The van der Waals surface area contributed by atoms with Crippen LogP contribution in [0.15, 0.2) is 24.3 Å². The summed E-state index contributed by atoms with van der Waals surface area (Å²) in [6.45, 7) is 11.2. The molecule has 0 amide bonds. The van der Waals surface area contributed by atoms with Crippen LogP contribution in [0.4, 0.5) is 0 Å². The summed E-state index contributed by atoms with van der Waals surface area (Å²) in [6.07, 6.45) is 1.16. The van der Waals surface area contributed by atoms with Crippen LogP contribution in [0.1, 0.15) is 38.8 Å². The minimum atomic E-state index is 0.403. The Morgan fingerprint density at radius 3 is 2.22 bits per heavy atom. The van der Waals surface area contributed by atoms with Crippen LogP contribution in [0.3, 0.4) is 0 Å². The van der Waals surface area contributed by atoms with Crippen molar-refractivity contribution in [1.82, 2.24) is 5.32 Å². The van der Waals surface area contributed by atoms with Gasteiger partial charge in [0.1, 0.15) is 0 Å². The highest BCUT2D eigenvalue weighted by Crippen LogP contribution is 2.09. The summed E-state index contributed by atoms with van der Waals surface area (Å²) < 4.78 is 5.38. The fraction of sp³-hybridized carbons (Fsp3) is 0.625. The molecule has 102 valence electrons. The van der Waals surface area contributed by atoms with Crippen molar-refractivity contribution in [2.24, 2.45) is 5.92 Å². The van der Waals surface area contributed by atoms with E-state index in [1.807, 2.05) is 6.92 Å². The number of hydrogen-bond acceptors (Lipinski definition) is 2. The van der Waals surface area contributed by atoms with E-state index < -0.39 is 0 Å². The third-order valence-electron chi connectivity index (χ3n) is 2.89. The molecule has 18 heavy (non-hydrogen) atoms. The smallest absolute Gasteiger partial charge is 0.0616 e. The van der Waals surface area contributed by atoms with Gasteiger partial charge in [-0.2, -0.15) is 0 Å². The molecular formula is C16H27NO. The molecule has 0 aliphatic carbocycles. The average molecular weight is 249 g/mol. The first kappa shape index (κ1) is 15.2. The van der Waals surface area contributed by atoms with Gasteiger partial charge in [0.2, 0.25) is 0 Å². The molecule has 0 saturated heterocycles. The van der Waals surface area contributed by atoms with Gasteiger partial charge in [-0.3, -0.25) is 0 Å². The lowest BCUT2D eigenvalue weighted by molar-refractivity contribution is 0.127. The number of ether oxygens (including phenoxy) is 1. The highest BCUT2D eigenvalue weighted by Gasteiger charge is 2.02. The van der Waals surface area contributed by atoms with Crippen molar-refractivity contribution in [3.8, 4) is 0 Å². The van der Waals surface area contributed by atoms with Crippen LogP contribution in [0.2, 0.25) is 0 Å². The van der Waals surface area contributed by atoms with E-state index in [-0.39, 0.29) is 0 Å². The zero-order valence-corrected chi connectivity index (χ0v) is 12.2. The summed E-state index contributed by atoms with van der Waals surface area (Å²) in [7, 11) is 0. The Morgan fingerprint density at radius 2 is 1.67 bits per heavy atom. The molecule has 0 radical (unpaired) electrons. The van der Waals surface area contributed by atoms with Crippen molar-refractivity contribution in [1.29, 1.82) is 0 Å². The Labute approximate surface area is 112 Å². The second-order valence-electron chi connectivity index (χ2n) is 5.36. The summed E-state index contributed by atoms with van der Waals surface area (Å²) >= 11 is 0. The summed E-state index contributed by atoms with van der Waals surface area (Å²) in [4.78, 5) is 0. The highest BCUT2D eigenvalue weighted by atomic mass is 16.5. The first-order valence-electron chi connectivity index (χ1n) is 7.00. The Hall–Kier alpha value is -0.860. The van der Waals surface area contributed by atoms with E-state index in [9.17, 15) is 0 Å². The zero-order valence-electron chi connectivity index (χ0n) is 12.2. The van der Waals surface area contributed by atoms with Crippen LogP contribution in [0.25, 0.3) is 0 Å². The number of nitrogens with one attached hydrogen (secondary N) is 1. The summed E-state index contributed by atoms with van der Waals surface area (Å²) in [6, 6.07) is 9.32. The largest absolute Gasteiger partial charge is 0.380 e.